The smallest absolute Gasteiger partial charge is 0.269 e. The Labute approximate surface area is 150 Å². The number of carbonyl (C=O) groups is 1. The van der Waals surface area contributed by atoms with E-state index in [2.05, 4.69) is 16.3 Å². The van der Waals surface area contributed by atoms with E-state index in [-0.39, 0.29) is 11.6 Å². The number of hydrogen-bond donors (Lipinski definition) is 0. The summed E-state index contributed by atoms with van der Waals surface area (Å²) in [5.41, 5.74) is 1.07. The molecule has 1 saturated heterocycles. The number of nitro benzene ring substituents is 1. The number of benzene rings is 1. The van der Waals surface area contributed by atoms with E-state index in [4.69, 9.17) is 0 Å². The molecule has 132 valence electrons. The van der Waals surface area contributed by atoms with Crippen LogP contribution < -0.4 is 4.90 Å². The number of thiophene rings is 1. The van der Waals surface area contributed by atoms with Gasteiger partial charge in [0.05, 0.1) is 4.92 Å². The quantitative estimate of drug-likeness (QED) is 0.586. The van der Waals surface area contributed by atoms with E-state index < -0.39 is 4.92 Å². The Balaban J connectivity index is 1.44. The lowest BCUT2D eigenvalue weighted by atomic mass is 10.2. The van der Waals surface area contributed by atoms with Crippen LogP contribution in [0.3, 0.4) is 0 Å². The first-order valence-electron chi connectivity index (χ1n) is 8.43. The molecule has 1 aromatic carbocycles. The molecule has 0 N–H and O–H groups in total. The topological polar surface area (TPSA) is 66.7 Å². The van der Waals surface area contributed by atoms with E-state index in [9.17, 15) is 14.9 Å². The summed E-state index contributed by atoms with van der Waals surface area (Å²) in [6.07, 6.45) is 2.45. The van der Waals surface area contributed by atoms with Crippen LogP contribution in [0.1, 0.15) is 17.7 Å². The molecule has 0 aliphatic carbocycles. The van der Waals surface area contributed by atoms with Gasteiger partial charge in [0.25, 0.3) is 5.69 Å². The SMILES string of the molecule is O=C(CCCc1cccs1)N1CCN(c2ccc([N+](=O)[O-])cc2)CC1. The van der Waals surface area contributed by atoms with Gasteiger partial charge in [0.2, 0.25) is 5.91 Å². The Hall–Kier alpha value is -2.41. The molecule has 1 aromatic heterocycles. The third-order valence-electron chi connectivity index (χ3n) is 4.45. The molecular formula is C18H21N3O3S. The molecule has 0 spiro atoms. The molecule has 0 unspecified atom stereocenters. The lowest BCUT2D eigenvalue weighted by Crippen LogP contribution is -2.48. The maximum atomic E-state index is 12.3. The number of piperazine rings is 1. The molecule has 7 heteroatoms. The Kier molecular flexibility index (Phi) is 5.65. The molecule has 6 nitrogen and oxygen atoms in total. The highest BCUT2D eigenvalue weighted by Gasteiger charge is 2.21. The molecule has 1 amide bonds. The van der Waals surface area contributed by atoms with Crippen LogP contribution in [-0.4, -0.2) is 41.9 Å². The van der Waals surface area contributed by atoms with Crippen molar-refractivity contribution in [3.05, 3.63) is 56.8 Å². The van der Waals surface area contributed by atoms with Crippen molar-refractivity contribution in [1.82, 2.24) is 4.90 Å². The first-order valence-corrected chi connectivity index (χ1v) is 9.31. The van der Waals surface area contributed by atoms with Gasteiger partial charge in [-0.05, 0) is 36.4 Å². The number of nitrogens with zero attached hydrogens (tertiary/aromatic N) is 3. The van der Waals surface area contributed by atoms with Crippen LogP contribution in [0.15, 0.2) is 41.8 Å². The maximum absolute atomic E-state index is 12.3. The van der Waals surface area contributed by atoms with E-state index >= 15 is 0 Å². The number of amides is 1. The van der Waals surface area contributed by atoms with Crippen LogP contribution in [0.2, 0.25) is 0 Å². The molecule has 2 heterocycles. The number of rotatable bonds is 6. The van der Waals surface area contributed by atoms with Gasteiger partial charge in [-0.25, -0.2) is 0 Å². The van der Waals surface area contributed by atoms with Crippen molar-refractivity contribution in [3.8, 4) is 0 Å². The fourth-order valence-electron chi connectivity index (χ4n) is 3.03. The Morgan fingerprint density at radius 1 is 1.12 bits per heavy atom. The summed E-state index contributed by atoms with van der Waals surface area (Å²) in [5.74, 6) is 0.222. The number of hydrogen-bond acceptors (Lipinski definition) is 5. The molecule has 0 bridgehead atoms. The van der Waals surface area contributed by atoms with Crippen LogP contribution in [0.25, 0.3) is 0 Å². The fraction of sp³-hybridized carbons (Fsp3) is 0.389. The summed E-state index contributed by atoms with van der Waals surface area (Å²) in [4.78, 5) is 28.1. The maximum Gasteiger partial charge on any atom is 0.269 e. The number of non-ortho nitro benzene ring substituents is 1. The lowest BCUT2D eigenvalue weighted by molar-refractivity contribution is -0.384. The highest BCUT2D eigenvalue weighted by atomic mass is 32.1. The third-order valence-corrected chi connectivity index (χ3v) is 5.39. The van der Waals surface area contributed by atoms with Crippen LogP contribution in [-0.2, 0) is 11.2 Å². The minimum absolute atomic E-state index is 0.100. The molecule has 1 aliphatic heterocycles. The van der Waals surface area contributed by atoms with E-state index in [0.29, 0.717) is 19.5 Å². The molecule has 0 atom stereocenters. The lowest BCUT2D eigenvalue weighted by Gasteiger charge is -2.36. The number of nitro groups is 1. The predicted octanol–water partition coefficient (Wildman–Crippen LogP) is 3.33. The Bertz CT molecular complexity index is 708. The van der Waals surface area contributed by atoms with Gasteiger partial charge in [-0.1, -0.05) is 6.07 Å². The summed E-state index contributed by atoms with van der Waals surface area (Å²) < 4.78 is 0. The standard InChI is InChI=1S/C18H21N3O3S/c22-18(5-1-3-17-4-2-14-25-17)20-12-10-19(11-13-20)15-6-8-16(9-7-15)21(23)24/h2,4,6-9,14H,1,3,5,10-13H2. The van der Waals surface area contributed by atoms with Gasteiger partial charge in [-0.3, -0.25) is 14.9 Å². The predicted molar refractivity (Wildman–Crippen MR) is 99.1 cm³/mol. The number of anilines is 1. The van der Waals surface area contributed by atoms with Crippen molar-refractivity contribution in [2.24, 2.45) is 0 Å². The van der Waals surface area contributed by atoms with Crippen molar-refractivity contribution in [2.75, 3.05) is 31.1 Å². The van der Waals surface area contributed by atoms with Gasteiger partial charge in [-0.15, -0.1) is 11.3 Å². The fourth-order valence-corrected chi connectivity index (χ4v) is 3.78. The van der Waals surface area contributed by atoms with Crippen molar-refractivity contribution < 1.29 is 9.72 Å². The summed E-state index contributed by atoms with van der Waals surface area (Å²) in [5, 5.41) is 12.8. The largest absolute Gasteiger partial charge is 0.368 e. The van der Waals surface area contributed by atoms with Gasteiger partial charge < -0.3 is 9.80 Å². The van der Waals surface area contributed by atoms with Crippen LogP contribution in [0, 0.1) is 10.1 Å². The Morgan fingerprint density at radius 3 is 2.44 bits per heavy atom. The average molecular weight is 359 g/mol. The molecule has 2 aromatic rings. The molecule has 0 radical (unpaired) electrons. The van der Waals surface area contributed by atoms with Crippen molar-refractivity contribution in [3.63, 3.8) is 0 Å². The van der Waals surface area contributed by atoms with Gasteiger partial charge in [0, 0.05) is 55.3 Å². The van der Waals surface area contributed by atoms with Crippen molar-refractivity contribution in [1.29, 1.82) is 0 Å². The molecular weight excluding hydrogens is 338 g/mol. The van der Waals surface area contributed by atoms with E-state index in [1.54, 1.807) is 23.5 Å². The minimum Gasteiger partial charge on any atom is -0.368 e. The highest BCUT2D eigenvalue weighted by molar-refractivity contribution is 7.09. The Morgan fingerprint density at radius 2 is 1.84 bits per heavy atom. The van der Waals surface area contributed by atoms with Crippen LogP contribution in [0.4, 0.5) is 11.4 Å². The molecule has 1 aliphatic rings. The summed E-state index contributed by atoms with van der Waals surface area (Å²) in [6.45, 7) is 2.92. The average Bonchev–Trinajstić information content (AvgIpc) is 3.15. The zero-order valence-electron chi connectivity index (χ0n) is 14.0. The number of carbonyl (C=O) groups excluding carboxylic acids is 1. The van der Waals surface area contributed by atoms with E-state index in [1.165, 1.54) is 17.0 Å². The molecule has 1 fully saturated rings. The van der Waals surface area contributed by atoms with Crippen LogP contribution in [0.5, 0.6) is 0 Å². The minimum atomic E-state index is -0.392. The summed E-state index contributed by atoms with van der Waals surface area (Å²) >= 11 is 1.74. The van der Waals surface area contributed by atoms with Gasteiger partial charge in [-0.2, -0.15) is 0 Å². The molecule has 25 heavy (non-hydrogen) atoms. The summed E-state index contributed by atoms with van der Waals surface area (Å²) in [6, 6.07) is 10.7. The highest BCUT2D eigenvalue weighted by Crippen LogP contribution is 2.21. The zero-order chi connectivity index (χ0) is 17.6. The van der Waals surface area contributed by atoms with Crippen molar-refractivity contribution in [2.45, 2.75) is 19.3 Å². The van der Waals surface area contributed by atoms with Gasteiger partial charge in [0.1, 0.15) is 0 Å². The number of aryl methyl sites for hydroxylation is 1. The second-order valence-electron chi connectivity index (χ2n) is 6.07. The van der Waals surface area contributed by atoms with E-state index in [0.717, 1.165) is 31.6 Å². The van der Waals surface area contributed by atoms with Gasteiger partial charge >= 0.3 is 0 Å². The monoisotopic (exact) mass is 359 g/mol. The second-order valence-corrected chi connectivity index (χ2v) is 7.11. The van der Waals surface area contributed by atoms with Gasteiger partial charge in [0.15, 0.2) is 0 Å². The normalized spacial score (nSPS) is 14.6. The second kappa shape index (κ2) is 8.11. The molecule has 3 rings (SSSR count). The summed E-state index contributed by atoms with van der Waals surface area (Å²) in [7, 11) is 0. The zero-order valence-corrected chi connectivity index (χ0v) is 14.8. The first kappa shape index (κ1) is 17.4. The van der Waals surface area contributed by atoms with E-state index in [1.807, 2.05) is 11.0 Å². The van der Waals surface area contributed by atoms with Crippen LogP contribution >= 0.6 is 11.3 Å². The van der Waals surface area contributed by atoms with Crippen molar-refractivity contribution >= 4 is 28.6 Å². The third kappa shape index (κ3) is 4.57. The first-order chi connectivity index (χ1) is 12.1. The molecule has 0 saturated carbocycles.